The molecular formula is C9H8FNOS. The number of carbonyl (C=O) groups is 1. The van der Waals surface area contributed by atoms with Crippen molar-refractivity contribution < 1.29 is 9.18 Å². The Labute approximate surface area is 80.8 Å². The van der Waals surface area contributed by atoms with Gasteiger partial charge in [-0.15, -0.1) is 0 Å². The van der Waals surface area contributed by atoms with E-state index in [1.54, 1.807) is 12.1 Å². The molecule has 1 aromatic carbocycles. The van der Waals surface area contributed by atoms with E-state index in [1.807, 2.05) is 0 Å². The van der Waals surface area contributed by atoms with Crippen molar-refractivity contribution in [1.82, 2.24) is 5.32 Å². The summed E-state index contributed by atoms with van der Waals surface area (Å²) < 4.78 is 12.4. The summed E-state index contributed by atoms with van der Waals surface area (Å²) in [5, 5.41) is 2.37. The van der Waals surface area contributed by atoms with Gasteiger partial charge in [0.1, 0.15) is 5.82 Å². The standard InChI is InChI=1S/C9H8FNOS/c10-8-3-1-7(2-4-8)5-9(12)11-6-13/h1-4,6H,5H2,(H,11,12,13). The second-order valence-electron chi connectivity index (χ2n) is 2.49. The third-order valence-electron chi connectivity index (χ3n) is 1.50. The minimum absolute atomic E-state index is 0.193. The van der Waals surface area contributed by atoms with Gasteiger partial charge in [-0.05, 0) is 17.7 Å². The fraction of sp³-hybridized carbons (Fsp3) is 0.111. The zero-order valence-electron chi connectivity index (χ0n) is 6.79. The quantitative estimate of drug-likeness (QED) is 0.743. The van der Waals surface area contributed by atoms with Crippen LogP contribution in [0.2, 0.25) is 0 Å². The van der Waals surface area contributed by atoms with Crippen LogP contribution in [0.4, 0.5) is 4.39 Å². The lowest BCUT2D eigenvalue weighted by Gasteiger charge is -1.99. The topological polar surface area (TPSA) is 29.1 Å². The number of rotatable bonds is 3. The molecule has 1 N–H and O–H groups in total. The highest BCUT2D eigenvalue weighted by molar-refractivity contribution is 7.78. The van der Waals surface area contributed by atoms with Crippen LogP contribution >= 0.6 is 12.2 Å². The van der Waals surface area contributed by atoms with Gasteiger partial charge in [0.05, 0.1) is 11.9 Å². The lowest BCUT2D eigenvalue weighted by atomic mass is 10.1. The number of nitrogens with one attached hydrogen (secondary N) is 1. The van der Waals surface area contributed by atoms with E-state index in [-0.39, 0.29) is 18.1 Å². The summed E-state index contributed by atoms with van der Waals surface area (Å²) in [5.74, 6) is -0.499. The highest BCUT2D eigenvalue weighted by Crippen LogP contribution is 2.02. The largest absolute Gasteiger partial charge is 0.323 e. The number of benzene rings is 1. The smallest absolute Gasteiger partial charge is 0.228 e. The van der Waals surface area contributed by atoms with E-state index in [9.17, 15) is 9.18 Å². The van der Waals surface area contributed by atoms with Gasteiger partial charge in [-0.25, -0.2) is 4.39 Å². The first-order chi connectivity index (χ1) is 6.22. The molecule has 0 aliphatic heterocycles. The lowest BCUT2D eigenvalue weighted by molar-refractivity contribution is -0.118. The maximum absolute atomic E-state index is 12.4. The maximum atomic E-state index is 12.4. The van der Waals surface area contributed by atoms with Gasteiger partial charge in [-0.2, -0.15) is 0 Å². The van der Waals surface area contributed by atoms with Crippen molar-refractivity contribution in [3.05, 3.63) is 35.6 Å². The third kappa shape index (κ3) is 3.29. The monoisotopic (exact) mass is 197 g/mol. The molecule has 0 spiro atoms. The molecule has 1 rings (SSSR count). The molecule has 1 aromatic rings. The Morgan fingerprint density at radius 2 is 2.08 bits per heavy atom. The Kier molecular flexibility index (Phi) is 3.52. The zero-order valence-corrected chi connectivity index (χ0v) is 7.60. The summed E-state index contributed by atoms with van der Waals surface area (Å²) in [6.45, 7) is 0. The van der Waals surface area contributed by atoms with Crippen molar-refractivity contribution in [1.29, 1.82) is 0 Å². The number of carbonyl (C=O) groups excluding carboxylic acids is 1. The van der Waals surface area contributed by atoms with E-state index in [1.165, 1.54) is 12.1 Å². The Balaban J connectivity index is 2.59. The van der Waals surface area contributed by atoms with Gasteiger partial charge < -0.3 is 5.32 Å². The molecule has 2 nitrogen and oxygen atoms in total. The van der Waals surface area contributed by atoms with Crippen LogP contribution < -0.4 is 5.32 Å². The van der Waals surface area contributed by atoms with Crippen molar-refractivity contribution in [2.75, 3.05) is 0 Å². The minimum atomic E-state index is -0.306. The van der Waals surface area contributed by atoms with Gasteiger partial charge >= 0.3 is 0 Å². The molecule has 4 heteroatoms. The van der Waals surface area contributed by atoms with E-state index in [0.717, 1.165) is 11.1 Å². The highest BCUT2D eigenvalue weighted by atomic mass is 32.1. The molecule has 0 fully saturated rings. The number of hydrogen-bond acceptors (Lipinski definition) is 2. The van der Waals surface area contributed by atoms with Crippen LogP contribution in [0.3, 0.4) is 0 Å². The number of amides is 1. The predicted octanol–water partition coefficient (Wildman–Crippen LogP) is 1.44. The van der Waals surface area contributed by atoms with Crippen molar-refractivity contribution in [2.45, 2.75) is 6.42 Å². The van der Waals surface area contributed by atoms with Crippen LogP contribution in [0.1, 0.15) is 5.56 Å². The molecule has 0 bridgehead atoms. The van der Waals surface area contributed by atoms with Crippen LogP contribution in [0.25, 0.3) is 0 Å². The fourth-order valence-corrected chi connectivity index (χ4v) is 1.04. The number of hydrogen-bond donors (Lipinski definition) is 1. The molecule has 0 aliphatic carbocycles. The minimum Gasteiger partial charge on any atom is -0.323 e. The average molecular weight is 197 g/mol. The summed E-state index contributed by atoms with van der Waals surface area (Å²) in [6.07, 6.45) is 0.216. The number of thiocarbonyl (C=S) groups is 1. The molecular weight excluding hydrogens is 189 g/mol. The summed E-state index contributed by atoms with van der Waals surface area (Å²) in [7, 11) is 0. The van der Waals surface area contributed by atoms with Crippen LogP contribution in [-0.4, -0.2) is 11.4 Å². The number of halogens is 1. The highest BCUT2D eigenvalue weighted by Gasteiger charge is 2.00. The van der Waals surface area contributed by atoms with Gasteiger partial charge in [0.15, 0.2) is 0 Å². The molecule has 0 saturated carbocycles. The van der Waals surface area contributed by atoms with Crippen molar-refractivity contribution in [2.24, 2.45) is 0 Å². The Morgan fingerprint density at radius 1 is 1.46 bits per heavy atom. The van der Waals surface area contributed by atoms with E-state index in [4.69, 9.17) is 0 Å². The van der Waals surface area contributed by atoms with Gasteiger partial charge in [0, 0.05) is 0 Å². The zero-order chi connectivity index (χ0) is 9.68. The fourth-order valence-electron chi connectivity index (χ4n) is 0.904. The second kappa shape index (κ2) is 4.67. The van der Waals surface area contributed by atoms with E-state index >= 15 is 0 Å². The molecule has 0 unspecified atom stereocenters. The molecule has 0 atom stereocenters. The Hall–Kier alpha value is -1.29. The van der Waals surface area contributed by atoms with Gasteiger partial charge in [0.25, 0.3) is 0 Å². The Morgan fingerprint density at radius 3 is 2.62 bits per heavy atom. The first-order valence-corrected chi connectivity index (χ1v) is 4.17. The molecule has 68 valence electrons. The predicted molar refractivity (Wildman–Crippen MR) is 51.9 cm³/mol. The lowest BCUT2D eigenvalue weighted by Crippen LogP contribution is -2.22. The Bertz CT molecular complexity index is 310. The van der Waals surface area contributed by atoms with Crippen LogP contribution in [0, 0.1) is 5.82 Å². The van der Waals surface area contributed by atoms with Crippen molar-refractivity contribution in [3.8, 4) is 0 Å². The third-order valence-corrected chi connectivity index (χ3v) is 1.62. The molecule has 0 radical (unpaired) electrons. The molecule has 0 heterocycles. The van der Waals surface area contributed by atoms with Crippen LogP contribution in [0.5, 0.6) is 0 Å². The first kappa shape index (κ1) is 9.80. The van der Waals surface area contributed by atoms with Crippen LogP contribution in [-0.2, 0) is 11.2 Å². The van der Waals surface area contributed by atoms with E-state index < -0.39 is 0 Å². The summed E-state index contributed by atoms with van der Waals surface area (Å²) >= 11 is 4.45. The van der Waals surface area contributed by atoms with E-state index in [0.29, 0.717) is 0 Å². The van der Waals surface area contributed by atoms with Crippen LogP contribution in [0.15, 0.2) is 24.3 Å². The SMILES string of the molecule is O=C(Cc1ccc(F)cc1)NC=S. The van der Waals surface area contributed by atoms with Crippen molar-refractivity contribution in [3.63, 3.8) is 0 Å². The molecule has 13 heavy (non-hydrogen) atoms. The first-order valence-electron chi connectivity index (χ1n) is 3.70. The van der Waals surface area contributed by atoms with Crippen molar-refractivity contribution >= 4 is 23.6 Å². The second-order valence-corrected chi connectivity index (χ2v) is 2.72. The average Bonchev–Trinajstić information content (AvgIpc) is 2.09. The summed E-state index contributed by atoms with van der Waals surface area (Å²) in [5.41, 5.74) is 1.92. The van der Waals surface area contributed by atoms with Gasteiger partial charge in [-0.1, -0.05) is 24.4 Å². The van der Waals surface area contributed by atoms with E-state index in [2.05, 4.69) is 17.5 Å². The molecule has 0 aliphatic rings. The summed E-state index contributed by atoms with van der Waals surface area (Å²) in [6, 6.07) is 5.77. The van der Waals surface area contributed by atoms with Gasteiger partial charge in [0.2, 0.25) is 5.91 Å². The van der Waals surface area contributed by atoms with Gasteiger partial charge in [-0.3, -0.25) is 4.79 Å². The molecule has 1 amide bonds. The molecule has 0 saturated heterocycles. The maximum Gasteiger partial charge on any atom is 0.228 e. The summed E-state index contributed by atoms with van der Waals surface area (Å²) in [4.78, 5) is 11.0. The molecule has 0 aromatic heterocycles. The normalized spacial score (nSPS) is 9.31.